The fourth-order valence-corrected chi connectivity index (χ4v) is 4.63. The number of benzene rings is 2. The van der Waals surface area contributed by atoms with Crippen LogP contribution in [0.3, 0.4) is 0 Å². The minimum atomic E-state index is -3.71. The number of para-hydroxylation sites is 2. The molecule has 0 aromatic heterocycles. The topological polar surface area (TPSA) is 120 Å². The maximum atomic E-state index is 12.8. The molecule has 0 radical (unpaired) electrons. The van der Waals surface area contributed by atoms with Crippen molar-refractivity contribution < 1.29 is 37.0 Å². The van der Waals surface area contributed by atoms with Gasteiger partial charge in [0.15, 0.2) is 24.2 Å². The smallest absolute Gasteiger partial charge is 0.344 e. The van der Waals surface area contributed by atoms with Crippen LogP contribution in [0.25, 0.3) is 0 Å². The number of anilines is 1. The van der Waals surface area contributed by atoms with Gasteiger partial charge in [0.25, 0.3) is 5.91 Å². The lowest BCUT2D eigenvalue weighted by Gasteiger charge is -2.26. The van der Waals surface area contributed by atoms with Gasteiger partial charge in [0.1, 0.15) is 0 Å². The van der Waals surface area contributed by atoms with Crippen LogP contribution in [0, 0.1) is 0 Å². The number of amides is 1. The van der Waals surface area contributed by atoms with Crippen molar-refractivity contribution in [2.45, 2.75) is 24.8 Å². The fraction of sp³-hybridized carbons (Fsp3) is 0.391. The number of sulfonamides is 1. The molecule has 2 aromatic carbocycles. The number of carbonyl (C=O) groups excluding carboxylic acids is 2. The number of ether oxygens (including phenoxy) is 4. The zero-order valence-electron chi connectivity index (χ0n) is 19.1. The summed E-state index contributed by atoms with van der Waals surface area (Å²) in [5.74, 6) is -0.464. The monoisotopic (exact) mass is 492 g/mol. The lowest BCUT2D eigenvalue weighted by molar-refractivity contribution is -0.155. The summed E-state index contributed by atoms with van der Waals surface area (Å²) < 4.78 is 48.2. The van der Waals surface area contributed by atoms with Crippen molar-refractivity contribution in [3.05, 3.63) is 48.5 Å². The third-order valence-electron chi connectivity index (χ3n) is 4.88. The molecule has 1 amide bonds. The SMILES string of the molecule is CCOc1ccccc1OCC(=O)OC(C)C(=O)Nc1cccc(S(=O)(=O)N2CCOCC2)c1. The molecule has 1 aliphatic heterocycles. The molecule has 0 aliphatic carbocycles. The predicted molar refractivity (Wildman–Crippen MR) is 123 cm³/mol. The molecule has 1 heterocycles. The van der Waals surface area contributed by atoms with Crippen molar-refractivity contribution in [3.8, 4) is 11.5 Å². The largest absolute Gasteiger partial charge is 0.490 e. The van der Waals surface area contributed by atoms with Crippen molar-refractivity contribution in [1.29, 1.82) is 0 Å². The summed E-state index contributed by atoms with van der Waals surface area (Å²) in [6.45, 7) is 4.48. The molecule has 1 unspecified atom stereocenters. The van der Waals surface area contributed by atoms with Crippen LogP contribution in [-0.2, 0) is 29.1 Å². The van der Waals surface area contributed by atoms with Crippen LogP contribution in [0.1, 0.15) is 13.8 Å². The van der Waals surface area contributed by atoms with E-state index in [1.54, 1.807) is 30.3 Å². The van der Waals surface area contributed by atoms with E-state index in [0.717, 1.165) is 0 Å². The van der Waals surface area contributed by atoms with E-state index in [0.29, 0.717) is 31.3 Å². The average Bonchev–Trinajstić information content (AvgIpc) is 2.84. The molecule has 1 fully saturated rings. The zero-order chi connectivity index (χ0) is 24.6. The van der Waals surface area contributed by atoms with E-state index in [4.69, 9.17) is 18.9 Å². The zero-order valence-corrected chi connectivity index (χ0v) is 19.9. The van der Waals surface area contributed by atoms with Gasteiger partial charge in [0.05, 0.1) is 24.7 Å². The molecule has 1 N–H and O–H groups in total. The summed E-state index contributed by atoms with van der Waals surface area (Å²) in [7, 11) is -3.71. The molecule has 11 heteroatoms. The first-order valence-corrected chi connectivity index (χ1v) is 12.3. The summed E-state index contributed by atoms with van der Waals surface area (Å²) in [5, 5.41) is 2.58. The number of esters is 1. The average molecular weight is 493 g/mol. The Hall–Kier alpha value is -3.15. The van der Waals surface area contributed by atoms with Gasteiger partial charge in [0.2, 0.25) is 10.0 Å². The summed E-state index contributed by atoms with van der Waals surface area (Å²) >= 11 is 0. The van der Waals surface area contributed by atoms with Gasteiger partial charge in [-0.3, -0.25) is 4.79 Å². The molecule has 184 valence electrons. The number of rotatable bonds is 10. The van der Waals surface area contributed by atoms with Crippen LogP contribution in [0.15, 0.2) is 53.4 Å². The van der Waals surface area contributed by atoms with Crippen LogP contribution in [0.2, 0.25) is 0 Å². The van der Waals surface area contributed by atoms with E-state index >= 15 is 0 Å². The van der Waals surface area contributed by atoms with Gasteiger partial charge in [0, 0.05) is 18.8 Å². The van der Waals surface area contributed by atoms with E-state index in [2.05, 4.69) is 5.32 Å². The van der Waals surface area contributed by atoms with E-state index < -0.39 is 34.6 Å². The molecule has 0 spiro atoms. The standard InChI is InChI=1S/C23H28N2O8S/c1-3-31-20-9-4-5-10-21(20)32-16-22(26)33-17(2)23(27)24-18-7-6-8-19(15-18)34(28,29)25-11-13-30-14-12-25/h4-10,15,17H,3,11-14,16H2,1-2H3,(H,24,27). The maximum Gasteiger partial charge on any atom is 0.344 e. The number of nitrogens with zero attached hydrogens (tertiary/aromatic N) is 1. The molecule has 1 atom stereocenters. The minimum absolute atomic E-state index is 0.0539. The molecule has 10 nitrogen and oxygen atoms in total. The van der Waals surface area contributed by atoms with E-state index in [1.165, 1.54) is 29.4 Å². The van der Waals surface area contributed by atoms with Crippen LogP contribution in [0.4, 0.5) is 5.69 Å². The summed E-state index contributed by atoms with van der Waals surface area (Å²) in [5.41, 5.74) is 0.268. The Morgan fingerprint density at radius 2 is 1.74 bits per heavy atom. The number of hydrogen-bond donors (Lipinski definition) is 1. The molecule has 1 aliphatic rings. The Labute approximate surface area is 198 Å². The summed E-state index contributed by atoms with van der Waals surface area (Å²) in [6, 6.07) is 12.8. The highest BCUT2D eigenvalue weighted by atomic mass is 32.2. The van der Waals surface area contributed by atoms with Gasteiger partial charge >= 0.3 is 5.97 Å². The van der Waals surface area contributed by atoms with Gasteiger partial charge in [-0.1, -0.05) is 18.2 Å². The highest BCUT2D eigenvalue weighted by molar-refractivity contribution is 7.89. The summed E-state index contributed by atoms with van der Waals surface area (Å²) in [6.07, 6.45) is -1.13. The second kappa shape index (κ2) is 11.8. The second-order valence-electron chi connectivity index (χ2n) is 7.33. The van der Waals surface area contributed by atoms with Gasteiger partial charge in [-0.25, -0.2) is 13.2 Å². The Balaban J connectivity index is 1.55. The van der Waals surface area contributed by atoms with E-state index in [1.807, 2.05) is 6.92 Å². The molecule has 34 heavy (non-hydrogen) atoms. The van der Waals surface area contributed by atoms with Crippen LogP contribution >= 0.6 is 0 Å². The maximum absolute atomic E-state index is 12.8. The van der Waals surface area contributed by atoms with Gasteiger partial charge in [-0.05, 0) is 44.2 Å². The highest BCUT2D eigenvalue weighted by Gasteiger charge is 2.27. The first kappa shape index (κ1) is 25.5. The van der Waals surface area contributed by atoms with Crippen molar-refractivity contribution >= 4 is 27.6 Å². The Morgan fingerprint density at radius 1 is 1.06 bits per heavy atom. The van der Waals surface area contributed by atoms with Crippen LogP contribution < -0.4 is 14.8 Å². The van der Waals surface area contributed by atoms with Crippen molar-refractivity contribution in [3.63, 3.8) is 0 Å². The predicted octanol–water partition coefficient (Wildman–Crippen LogP) is 2.06. The second-order valence-corrected chi connectivity index (χ2v) is 9.27. The lowest BCUT2D eigenvalue weighted by Crippen LogP contribution is -2.40. The first-order valence-electron chi connectivity index (χ1n) is 10.8. The summed E-state index contributed by atoms with van der Waals surface area (Å²) in [4.78, 5) is 24.7. The Morgan fingerprint density at radius 3 is 2.41 bits per heavy atom. The van der Waals surface area contributed by atoms with E-state index in [-0.39, 0.29) is 23.7 Å². The molecule has 2 aromatic rings. The van der Waals surface area contributed by atoms with Crippen molar-refractivity contribution in [2.75, 3.05) is 44.8 Å². The first-order chi connectivity index (χ1) is 16.3. The van der Waals surface area contributed by atoms with Crippen LogP contribution in [-0.4, -0.2) is 70.2 Å². The molecular weight excluding hydrogens is 464 g/mol. The Kier molecular flexibility index (Phi) is 8.85. The normalized spacial score (nSPS) is 15.2. The fourth-order valence-electron chi connectivity index (χ4n) is 3.18. The molecule has 3 rings (SSSR count). The number of morpholine rings is 1. The number of carbonyl (C=O) groups is 2. The van der Waals surface area contributed by atoms with Crippen LogP contribution in [0.5, 0.6) is 11.5 Å². The van der Waals surface area contributed by atoms with Gasteiger partial charge in [-0.15, -0.1) is 0 Å². The van der Waals surface area contributed by atoms with E-state index in [9.17, 15) is 18.0 Å². The van der Waals surface area contributed by atoms with Crippen molar-refractivity contribution in [2.24, 2.45) is 0 Å². The molecule has 0 bridgehead atoms. The Bertz CT molecular complexity index is 1100. The quantitative estimate of drug-likeness (QED) is 0.501. The van der Waals surface area contributed by atoms with Crippen molar-refractivity contribution in [1.82, 2.24) is 4.31 Å². The molecular formula is C23H28N2O8S. The molecule has 0 saturated carbocycles. The van der Waals surface area contributed by atoms with Gasteiger partial charge < -0.3 is 24.3 Å². The highest BCUT2D eigenvalue weighted by Crippen LogP contribution is 2.26. The number of nitrogens with one attached hydrogen (secondary N) is 1. The third kappa shape index (κ3) is 6.69. The van der Waals surface area contributed by atoms with Gasteiger partial charge in [-0.2, -0.15) is 4.31 Å². The number of hydrogen-bond acceptors (Lipinski definition) is 8. The third-order valence-corrected chi connectivity index (χ3v) is 6.78. The lowest BCUT2D eigenvalue weighted by atomic mass is 10.3. The molecule has 1 saturated heterocycles. The minimum Gasteiger partial charge on any atom is -0.490 e.